The summed E-state index contributed by atoms with van der Waals surface area (Å²) in [5.74, 6) is -0.920. The number of aliphatic hydroxyl groups is 1. The first-order valence-electron chi connectivity index (χ1n) is 12.5. The number of carbonyl (C=O) groups excluding carboxylic acids is 3. The molecule has 2 atom stereocenters. The zero-order valence-corrected chi connectivity index (χ0v) is 21.9. The van der Waals surface area contributed by atoms with Crippen LogP contribution in [0.25, 0.3) is 0 Å². The van der Waals surface area contributed by atoms with Crippen molar-refractivity contribution in [2.75, 3.05) is 11.9 Å². The standard InChI is InChI=1S/C27H38N6O5/c1-18(2)15-23(33-27(37)38-17-20-7-4-3-5-8-20)25(36)32-22(9-6-14-30-26(28)29)24(35)31-21-12-10-19(16-34)11-13-21/h3-5,7-8,10-13,18,22-23,34H,6,9,14-17H2,1-2H3,(H,31,35)(H,32,36)(H,33,37)(H4,28,29,30)/t22-,23-/m0/s1. The minimum Gasteiger partial charge on any atom is -0.445 e. The second kappa shape index (κ2) is 15.9. The Bertz CT molecular complexity index is 1060. The molecule has 0 spiro atoms. The zero-order chi connectivity index (χ0) is 27.9. The topological polar surface area (TPSA) is 181 Å². The molecule has 11 nitrogen and oxygen atoms in total. The van der Waals surface area contributed by atoms with E-state index >= 15 is 0 Å². The highest BCUT2D eigenvalue weighted by atomic mass is 16.5. The fraction of sp³-hybridized carbons (Fsp3) is 0.407. The molecule has 206 valence electrons. The van der Waals surface area contributed by atoms with Crippen LogP contribution in [0.3, 0.4) is 0 Å². The van der Waals surface area contributed by atoms with Gasteiger partial charge in [-0.15, -0.1) is 0 Å². The quantitative estimate of drug-likeness (QED) is 0.124. The van der Waals surface area contributed by atoms with Gasteiger partial charge in [0.25, 0.3) is 0 Å². The van der Waals surface area contributed by atoms with Crippen molar-refractivity contribution in [3.63, 3.8) is 0 Å². The molecule has 2 aromatic carbocycles. The summed E-state index contributed by atoms with van der Waals surface area (Å²) in [5, 5.41) is 17.4. The number of guanidine groups is 1. The number of rotatable bonds is 14. The van der Waals surface area contributed by atoms with Crippen molar-refractivity contribution < 1.29 is 24.2 Å². The lowest BCUT2D eigenvalue weighted by molar-refractivity contribution is -0.128. The van der Waals surface area contributed by atoms with Gasteiger partial charge in [0.2, 0.25) is 11.8 Å². The summed E-state index contributed by atoms with van der Waals surface area (Å²) < 4.78 is 5.28. The summed E-state index contributed by atoms with van der Waals surface area (Å²) in [6.07, 6.45) is 0.307. The number of nitrogens with zero attached hydrogens (tertiary/aromatic N) is 1. The minimum absolute atomic E-state index is 0.0609. The van der Waals surface area contributed by atoms with E-state index in [4.69, 9.17) is 16.2 Å². The maximum Gasteiger partial charge on any atom is 0.408 e. The molecule has 0 heterocycles. The first-order valence-corrected chi connectivity index (χ1v) is 12.5. The van der Waals surface area contributed by atoms with E-state index in [-0.39, 0.29) is 38.1 Å². The number of amides is 3. The number of aliphatic imine (C=N–C) groups is 1. The highest BCUT2D eigenvalue weighted by Crippen LogP contribution is 2.12. The van der Waals surface area contributed by atoms with E-state index in [1.54, 1.807) is 24.3 Å². The van der Waals surface area contributed by atoms with Gasteiger partial charge in [0.15, 0.2) is 5.96 Å². The van der Waals surface area contributed by atoms with Gasteiger partial charge in [-0.3, -0.25) is 14.6 Å². The molecule has 0 saturated carbocycles. The van der Waals surface area contributed by atoms with E-state index in [0.717, 1.165) is 5.56 Å². The number of carbonyl (C=O) groups is 3. The lowest BCUT2D eigenvalue weighted by Crippen LogP contribution is -2.53. The van der Waals surface area contributed by atoms with E-state index in [0.29, 0.717) is 24.1 Å². The summed E-state index contributed by atoms with van der Waals surface area (Å²) in [4.78, 5) is 42.7. The van der Waals surface area contributed by atoms with Crippen LogP contribution in [0.4, 0.5) is 10.5 Å². The lowest BCUT2D eigenvalue weighted by Gasteiger charge is -2.24. The minimum atomic E-state index is -0.911. The summed E-state index contributed by atoms with van der Waals surface area (Å²) in [6, 6.07) is 14.1. The van der Waals surface area contributed by atoms with E-state index in [1.807, 2.05) is 44.2 Å². The number of nitrogens with one attached hydrogen (secondary N) is 3. The Morgan fingerprint density at radius 2 is 1.61 bits per heavy atom. The number of benzene rings is 2. The molecule has 0 saturated heterocycles. The van der Waals surface area contributed by atoms with Crippen molar-refractivity contribution in [2.24, 2.45) is 22.4 Å². The molecule has 0 aliphatic carbocycles. The summed E-state index contributed by atoms with van der Waals surface area (Å²) >= 11 is 0. The van der Waals surface area contributed by atoms with E-state index in [1.165, 1.54) is 0 Å². The molecule has 0 fully saturated rings. The first kappa shape index (κ1) is 30.1. The van der Waals surface area contributed by atoms with Crippen LogP contribution in [0.2, 0.25) is 0 Å². The predicted octanol–water partition coefficient (Wildman–Crippen LogP) is 2.00. The maximum atomic E-state index is 13.2. The second-order valence-electron chi connectivity index (χ2n) is 9.24. The third-order valence-corrected chi connectivity index (χ3v) is 5.51. The number of anilines is 1. The van der Waals surface area contributed by atoms with Crippen LogP contribution < -0.4 is 27.4 Å². The van der Waals surface area contributed by atoms with Gasteiger partial charge in [-0.1, -0.05) is 56.3 Å². The largest absolute Gasteiger partial charge is 0.445 e. The summed E-state index contributed by atoms with van der Waals surface area (Å²) in [6.45, 7) is 4.08. The molecule has 38 heavy (non-hydrogen) atoms. The van der Waals surface area contributed by atoms with Crippen molar-refractivity contribution in [1.82, 2.24) is 10.6 Å². The highest BCUT2D eigenvalue weighted by Gasteiger charge is 2.28. The van der Waals surface area contributed by atoms with Crippen LogP contribution >= 0.6 is 0 Å². The van der Waals surface area contributed by atoms with Crippen LogP contribution in [0.5, 0.6) is 0 Å². The molecule has 0 aliphatic rings. The molecule has 2 rings (SSSR count). The summed E-state index contributed by atoms with van der Waals surface area (Å²) in [7, 11) is 0. The molecule has 0 aliphatic heterocycles. The smallest absolute Gasteiger partial charge is 0.408 e. The third-order valence-electron chi connectivity index (χ3n) is 5.51. The maximum absolute atomic E-state index is 13.2. The van der Waals surface area contributed by atoms with Gasteiger partial charge < -0.3 is 37.3 Å². The number of ether oxygens (including phenoxy) is 1. The Morgan fingerprint density at radius 3 is 2.21 bits per heavy atom. The molecule has 2 aromatic rings. The van der Waals surface area contributed by atoms with Gasteiger partial charge in [0.1, 0.15) is 18.7 Å². The number of nitrogens with two attached hydrogens (primary N) is 2. The fourth-order valence-electron chi connectivity index (χ4n) is 3.58. The lowest BCUT2D eigenvalue weighted by atomic mass is 10.0. The molecular formula is C27H38N6O5. The predicted molar refractivity (Wildman–Crippen MR) is 146 cm³/mol. The van der Waals surface area contributed by atoms with Gasteiger partial charge in [-0.2, -0.15) is 0 Å². The first-order chi connectivity index (χ1) is 18.2. The van der Waals surface area contributed by atoms with Gasteiger partial charge >= 0.3 is 6.09 Å². The normalized spacial score (nSPS) is 12.2. The molecular weight excluding hydrogens is 488 g/mol. The molecule has 0 unspecified atom stereocenters. The fourth-order valence-corrected chi connectivity index (χ4v) is 3.58. The average molecular weight is 527 g/mol. The Morgan fingerprint density at radius 1 is 0.921 bits per heavy atom. The van der Waals surface area contributed by atoms with E-state index in [2.05, 4.69) is 20.9 Å². The SMILES string of the molecule is CC(C)C[C@H](NC(=O)OCc1ccccc1)C(=O)N[C@@H](CCCN=C(N)N)C(=O)Nc1ccc(CO)cc1. The number of hydrogen-bond acceptors (Lipinski definition) is 6. The third kappa shape index (κ3) is 11.3. The van der Waals surface area contributed by atoms with Crippen molar-refractivity contribution in [3.8, 4) is 0 Å². The van der Waals surface area contributed by atoms with Gasteiger partial charge in [-0.05, 0) is 48.4 Å². The Labute approximate surface area is 223 Å². The van der Waals surface area contributed by atoms with Crippen LogP contribution in [0, 0.1) is 5.92 Å². The van der Waals surface area contributed by atoms with Crippen molar-refractivity contribution in [1.29, 1.82) is 0 Å². The van der Waals surface area contributed by atoms with E-state index in [9.17, 15) is 19.5 Å². The van der Waals surface area contributed by atoms with Crippen LogP contribution in [-0.4, -0.2) is 47.6 Å². The van der Waals surface area contributed by atoms with Crippen molar-refractivity contribution >= 4 is 29.6 Å². The van der Waals surface area contributed by atoms with Crippen LogP contribution in [0.1, 0.15) is 44.2 Å². The van der Waals surface area contributed by atoms with Crippen LogP contribution in [0.15, 0.2) is 59.6 Å². The number of alkyl carbamates (subject to hydrolysis) is 1. The van der Waals surface area contributed by atoms with E-state index < -0.39 is 30.0 Å². The number of aliphatic hydroxyl groups excluding tert-OH is 1. The van der Waals surface area contributed by atoms with Crippen molar-refractivity contribution in [3.05, 3.63) is 65.7 Å². The van der Waals surface area contributed by atoms with Crippen LogP contribution in [-0.2, 0) is 27.5 Å². The molecule has 0 radical (unpaired) electrons. The Hall–Kier alpha value is -4.12. The molecule has 8 N–H and O–H groups in total. The molecule has 0 bridgehead atoms. The Balaban J connectivity index is 2.07. The molecule has 11 heteroatoms. The van der Waals surface area contributed by atoms with Gasteiger partial charge in [0.05, 0.1) is 6.61 Å². The monoisotopic (exact) mass is 526 g/mol. The van der Waals surface area contributed by atoms with Crippen molar-refractivity contribution in [2.45, 2.75) is 58.4 Å². The Kier molecular flexibility index (Phi) is 12.6. The second-order valence-corrected chi connectivity index (χ2v) is 9.24. The molecule has 3 amide bonds. The average Bonchev–Trinajstić information content (AvgIpc) is 2.89. The number of hydrogen-bond donors (Lipinski definition) is 6. The zero-order valence-electron chi connectivity index (χ0n) is 21.9. The summed E-state index contributed by atoms with van der Waals surface area (Å²) in [5.41, 5.74) is 12.8. The highest BCUT2D eigenvalue weighted by molar-refractivity contribution is 5.98. The molecule has 0 aromatic heterocycles. The van der Waals surface area contributed by atoms with Gasteiger partial charge in [0, 0.05) is 12.2 Å². The van der Waals surface area contributed by atoms with Gasteiger partial charge in [-0.25, -0.2) is 4.79 Å².